The highest BCUT2D eigenvalue weighted by Gasteiger charge is 2.44. The van der Waals surface area contributed by atoms with Crippen molar-refractivity contribution in [1.29, 1.82) is 0 Å². The number of hydrogen-bond acceptors (Lipinski definition) is 1. The molecule has 2 heterocycles. The number of alkyl halides is 3. The summed E-state index contributed by atoms with van der Waals surface area (Å²) in [5.74, 6) is 0. The van der Waals surface area contributed by atoms with Gasteiger partial charge in [0.15, 0.2) is 5.11 Å². The number of thiocarbonyl (C=S) groups is 1. The second-order valence-corrected chi connectivity index (χ2v) is 14.3. The van der Waals surface area contributed by atoms with Crippen LogP contribution in [0.4, 0.5) is 18.9 Å². The SMILES string of the molecule is CC(C)(C)P(=NC(=S)Nc1cccc(C(F)(F)F)c1)(N1CCCCCC1)N1CCCCCC1. The minimum Gasteiger partial charge on any atom is -0.331 e. The second kappa shape index (κ2) is 11.2. The van der Waals surface area contributed by atoms with E-state index in [0.29, 0.717) is 5.69 Å². The third kappa shape index (κ3) is 6.59. The molecule has 0 aliphatic carbocycles. The van der Waals surface area contributed by atoms with E-state index in [1.807, 2.05) is 0 Å². The smallest absolute Gasteiger partial charge is 0.331 e. The van der Waals surface area contributed by atoms with Gasteiger partial charge in [-0.05, 0) is 56.1 Å². The maximum Gasteiger partial charge on any atom is 0.416 e. The molecule has 1 N–H and O–H groups in total. The number of anilines is 1. The third-order valence-electron chi connectivity index (χ3n) is 6.53. The lowest BCUT2D eigenvalue weighted by molar-refractivity contribution is -0.137. The van der Waals surface area contributed by atoms with Crippen molar-refractivity contribution >= 4 is 30.4 Å². The van der Waals surface area contributed by atoms with Gasteiger partial charge in [-0.25, -0.2) is 4.74 Å². The van der Waals surface area contributed by atoms with Gasteiger partial charge in [0, 0.05) is 37.0 Å². The van der Waals surface area contributed by atoms with Crippen LogP contribution in [0.5, 0.6) is 0 Å². The van der Waals surface area contributed by atoms with Crippen molar-refractivity contribution in [2.45, 2.75) is 83.5 Å². The molecule has 1 aromatic rings. The van der Waals surface area contributed by atoms with Crippen molar-refractivity contribution in [3.05, 3.63) is 29.8 Å². The first-order valence-electron chi connectivity index (χ1n) is 12.2. The van der Waals surface area contributed by atoms with E-state index in [1.165, 1.54) is 31.7 Å². The Hall–Kier alpha value is -0.950. The van der Waals surface area contributed by atoms with Crippen LogP contribution in [-0.4, -0.2) is 45.8 Å². The molecule has 0 spiro atoms. The molecule has 0 unspecified atom stereocenters. The summed E-state index contributed by atoms with van der Waals surface area (Å²) in [5.41, 5.74) is -0.357. The summed E-state index contributed by atoms with van der Waals surface area (Å²) in [6.07, 6.45) is 5.12. The highest BCUT2D eigenvalue weighted by molar-refractivity contribution is 7.81. The van der Waals surface area contributed by atoms with E-state index in [4.69, 9.17) is 17.0 Å². The molecule has 0 bridgehead atoms. The Labute approximate surface area is 202 Å². The zero-order valence-electron chi connectivity index (χ0n) is 20.1. The molecule has 0 saturated carbocycles. The van der Waals surface area contributed by atoms with Crippen LogP contribution in [0.15, 0.2) is 29.0 Å². The van der Waals surface area contributed by atoms with Gasteiger partial charge < -0.3 is 5.32 Å². The molecule has 0 amide bonds. The molecule has 2 saturated heterocycles. The van der Waals surface area contributed by atoms with E-state index in [-0.39, 0.29) is 10.3 Å². The minimum absolute atomic E-state index is 0.138. The maximum absolute atomic E-state index is 13.2. The number of nitrogens with one attached hydrogen (secondary N) is 1. The van der Waals surface area contributed by atoms with Crippen LogP contribution in [-0.2, 0) is 6.18 Å². The van der Waals surface area contributed by atoms with E-state index in [0.717, 1.165) is 64.0 Å². The van der Waals surface area contributed by atoms with Gasteiger partial charge in [0.2, 0.25) is 0 Å². The molecule has 4 nitrogen and oxygen atoms in total. The van der Waals surface area contributed by atoms with Crippen molar-refractivity contribution in [2.75, 3.05) is 31.5 Å². The Morgan fingerprint density at radius 3 is 1.79 bits per heavy atom. The van der Waals surface area contributed by atoms with E-state index in [2.05, 4.69) is 35.4 Å². The van der Waals surface area contributed by atoms with Gasteiger partial charge in [-0.2, -0.15) is 13.2 Å². The lowest BCUT2D eigenvalue weighted by atomic mass is 10.2. The zero-order chi connectivity index (χ0) is 24.1. The quantitative estimate of drug-likeness (QED) is 0.335. The summed E-state index contributed by atoms with van der Waals surface area (Å²) in [7, 11) is -2.26. The van der Waals surface area contributed by atoms with Gasteiger partial charge in [-0.15, -0.1) is 0 Å². The van der Waals surface area contributed by atoms with Crippen LogP contribution in [0.1, 0.15) is 77.7 Å². The Balaban J connectivity index is 2.04. The molecule has 1 aromatic carbocycles. The van der Waals surface area contributed by atoms with E-state index in [9.17, 15) is 13.2 Å². The summed E-state index contributed by atoms with van der Waals surface area (Å²) in [4.78, 5) is 0. The molecule has 2 aliphatic rings. The first kappa shape index (κ1) is 26.7. The molecule has 2 fully saturated rings. The summed E-state index contributed by atoms with van der Waals surface area (Å²) in [6, 6.07) is 5.21. The number of rotatable bonds is 3. The van der Waals surface area contributed by atoms with Gasteiger partial charge in [0.05, 0.1) is 5.56 Å². The molecule has 3 rings (SSSR count). The van der Waals surface area contributed by atoms with Gasteiger partial charge in [-0.1, -0.05) is 52.5 Å². The summed E-state index contributed by atoms with van der Waals surface area (Å²) in [5, 5.41) is 3.18. The Morgan fingerprint density at radius 1 is 0.879 bits per heavy atom. The lowest BCUT2D eigenvalue weighted by Gasteiger charge is -2.50. The van der Waals surface area contributed by atoms with E-state index < -0.39 is 19.1 Å². The molecular weight excluding hydrogens is 464 g/mol. The predicted octanol–water partition coefficient (Wildman–Crippen LogP) is 7.98. The average Bonchev–Trinajstić information content (AvgIpc) is 3.16. The number of nitrogens with zero attached hydrogens (tertiary/aromatic N) is 3. The van der Waals surface area contributed by atoms with Crippen molar-refractivity contribution in [3.8, 4) is 0 Å². The lowest BCUT2D eigenvalue weighted by Crippen LogP contribution is -2.42. The molecular formula is C24H38F3N4PS. The van der Waals surface area contributed by atoms with Crippen molar-refractivity contribution in [2.24, 2.45) is 4.74 Å². The van der Waals surface area contributed by atoms with Crippen LogP contribution in [0, 0.1) is 0 Å². The zero-order valence-corrected chi connectivity index (χ0v) is 21.8. The Morgan fingerprint density at radius 2 is 1.36 bits per heavy atom. The Bertz CT molecular complexity index is 826. The summed E-state index contributed by atoms with van der Waals surface area (Å²) in [6.45, 7) is 10.8. The van der Waals surface area contributed by atoms with Gasteiger partial charge >= 0.3 is 6.18 Å². The summed E-state index contributed by atoms with van der Waals surface area (Å²) >= 11 is 5.71. The van der Waals surface area contributed by atoms with Crippen molar-refractivity contribution < 1.29 is 13.2 Å². The standard InChI is InChI=1S/C24H38F3N4PS/c1-23(2,3)32(30-15-8-4-5-9-16-30,31-17-10-6-7-11-18-31)29-22(33)28-21-14-12-13-20(19-21)24(25,26)27/h12-14,19H,4-11,15-18H2,1-3H3,(H,28,33). The normalized spacial score (nSPS) is 20.1. The molecule has 9 heteroatoms. The van der Waals surface area contributed by atoms with E-state index in [1.54, 1.807) is 6.07 Å². The summed E-state index contributed by atoms with van der Waals surface area (Å²) < 4.78 is 50.1. The third-order valence-corrected chi connectivity index (χ3v) is 11.5. The van der Waals surface area contributed by atoms with Gasteiger partial charge in [0.25, 0.3) is 0 Å². The topological polar surface area (TPSA) is 30.9 Å². The van der Waals surface area contributed by atoms with Crippen LogP contribution >= 0.6 is 19.6 Å². The van der Waals surface area contributed by atoms with Crippen molar-refractivity contribution in [3.63, 3.8) is 0 Å². The molecule has 2 aliphatic heterocycles. The fourth-order valence-electron chi connectivity index (χ4n) is 5.02. The van der Waals surface area contributed by atoms with Crippen LogP contribution < -0.4 is 5.32 Å². The predicted molar refractivity (Wildman–Crippen MR) is 137 cm³/mol. The largest absolute Gasteiger partial charge is 0.416 e. The average molecular weight is 503 g/mol. The monoisotopic (exact) mass is 502 g/mol. The number of benzene rings is 1. The highest BCUT2D eigenvalue weighted by atomic mass is 32.1. The maximum atomic E-state index is 13.2. The molecule has 0 atom stereocenters. The van der Waals surface area contributed by atoms with Gasteiger partial charge in [-0.3, -0.25) is 9.34 Å². The van der Waals surface area contributed by atoms with E-state index >= 15 is 0 Å². The first-order valence-corrected chi connectivity index (χ1v) is 14.2. The van der Waals surface area contributed by atoms with Crippen molar-refractivity contribution in [1.82, 2.24) is 9.34 Å². The molecule has 0 aromatic heterocycles. The second-order valence-electron chi connectivity index (χ2n) is 10.1. The molecule has 33 heavy (non-hydrogen) atoms. The molecule has 0 radical (unpaired) electrons. The van der Waals surface area contributed by atoms with Crippen LogP contribution in [0.25, 0.3) is 0 Å². The fraction of sp³-hybridized carbons (Fsp3) is 0.708. The van der Waals surface area contributed by atoms with Crippen LogP contribution in [0.2, 0.25) is 0 Å². The minimum atomic E-state index is -4.39. The molecule has 186 valence electrons. The highest BCUT2D eigenvalue weighted by Crippen LogP contribution is 2.66. The Kier molecular flexibility index (Phi) is 9.04. The van der Waals surface area contributed by atoms with Gasteiger partial charge in [0.1, 0.15) is 7.36 Å². The number of hydrogen-bond donors (Lipinski definition) is 1. The van der Waals surface area contributed by atoms with Crippen LogP contribution in [0.3, 0.4) is 0 Å². The fourth-order valence-corrected chi connectivity index (χ4v) is 10.1. The first-order chi connectivity index (χ1) is 15.5. The number of halogens is 3.